The van der Waals surface area contributed by atoms with Gasteiger partial charge in [0.1, 0.15) is 0 Å². The molecule has 6 heteroatoms. The van der Waals surface area contributed by atoms with Gasteiger partial charge in [0.05, 0.1) is 9.21 Å². The molecule has 0 aromatic carbocycles. The molecule has 110 valence electrons. The number of Topliss-reactive ketones (excluding diaryl/α,β-unsaturated/α-hetero) is 1. The van der Waals surface area contributed by atoms with Gasteiger partial charge < -0.3 is 10.2 Å². The SMILES string of the molecule is CN1CCC(NC(=O)CCC(=O)c2ccc(Cl)s2)CC1. The van der Waals surface area contributed by atoms with E-state index in [-0.39, 0.29) is 30.6 Å². The van der Waals surface area contributed by atoms with Gasteiger partial charge in [-0.05, 0) is 45.1 Å². The van der Waals surface area contributed by atoms with Crippen LogP contribution in [0.4, 0.5) is 0 Å². The molecule has 2 rings (SSSR count). The van der Waals surface area contributed by atoms with Crippen molar-refractivity contribution in [3.8, 4) is 0 Å². The van der Waals surface area contributed by atoms with E-state index in [0.29, 0.717) is 9.21 Å². The van der Waals surface area contributed by atoms with Crippen LogP contribution in [-0.4, -0.2) is 42.8 Å². The number of likely N-dealkylation sites (tertiary alicyclic amines) is 1. The van der Waals surface area contributed by atoms with Crippen molar-refractivity contribution >= 4 is 34.6 Å². The number of hydrogen-bond acceptors (Lipinski definition) is 4. The zero-order chi connectivity index (χ0) is 14.5. The molecule has 0 atom stereocenters. The minimum absolute atomic E-state index is 0.0135. The Morgan fingerprint density at radius 3 is 2.65 bits per heavy atom. The number of nitrogens with one attached hydrogen (secondary N) is 1. The summed E-state index contributed by atoms with van der Waals surface area (Å²) in [6, 6.07) is 3.67. The molecule has 4 nitrogen and oxygen atoms in total. The standard InChI is InChI=1S/C14H19ClN2O2S/c1-17-8-6-10(7-9-17)16-14(19)5-2-11(18)12-3-4-13(15)20-12/h3-4,10H,2,5-9H2,1H3,(H,16,19). The minimum Gasteiger partial charge on any atom is -0.353 e. The molecule has 0 radical (unpaired) electrons. The Bertz CT molecular complexity index is 481. The molecule has 0 saturated carbocycles. The van der Waals surface area contributed by atoms with Gasteiger partial charge in [0, 0.05) is 18.9 Å². The first kappa shape index (κ1) is 15.5. The van der Waals surface area contributed by atoms with E-state index in [0.717, 1.165) is 25.9 Å². The first-order valence-electron chi connectivity index (χ1n) is 6.81. The molecule has 1 fully saturated rings. The number of hydrogen-bond donors (Lipinski definition) is 1. The number of carbonyl (C=O) groups excluding carboxylic acids is 2. The number of nitrogens with zero attached hydrogens (tertiary/aromatic N) is 1. The monoisotopic (exact) mass is 314 g/mol. The molecule has 1 amide bonds. The maximum absolute atomic E-state index is 11.9. The molecule has 2 heterocycles. The largest absolute Gasteiger partial charge is 0.353 e. The van der Waals surface area contributed by atoms with Crippen molar-refractivity contribution in [2.24, 2.45) is 0 Å². The van der Waals surface area contributed by atoms with Crippen molar-refractivity contribution < 1.29 is 9.59 Å². The molecule has 1 aromatic heterocycles. The molecular formula is C14H19ClN2O2S. The lowest BCUT2D eigenvalue weighted by atomic mass is 10.1. The fourth-order valence-corrected chi connectivity index (χ4v) is 3.28. The van der Waals surface area contributed by atoms with Crippen LogP contribution in [0.1, 0.15) is 35.4 Å². The number of ketones is 1. The van der Waals surface area contributed by atoms with Gasteiger partial charge in [-0.15, -0.1) is 11.3 Å². The van der Waals surface area contributed by atoms with Crippen molar-refractivity contribution in [2.45, 2.75) is 31.7 Å². The Labute approximate surface area is 128 Å². The van der Waals surface area contributed by atoms with Crippen molar-refractivity contribution in [3.05, 3.63) is 21.3 Å². The average molecular weight is 315 g/mol. The minimum atomic E-state index is -0.0319. The molecule has 0 unspecified atom stereocenters. The van der Waals surface area contributed by atoms with Crippen LogP contribution >= 0.6 is 22.9 Å². The van der Waals surface area contributed by atoms with Crippen molar-refractivity contribution in [1.82, 2.24) is 10.2 Å². The van der Waals surface area contributed by atoms with Crippen LogP contribution in [0.5, 0.6) is 0 Å². The van der Waals surface area contributed by atoms with E-state index in [1.165, 1.54) is 11.3 Å². The first-order chi connectivity index (χ1) is 9.54. The number of carbonyl (C=O) groups is 2. The zero-order valence-electron chi connectivity index (χ0n) is 11.5. The summed E-state index contributed by atoms with van der Waals surface area (Å²) in [7, 11) is 2.09. The van der Waals surface area contributed by atoms with Gasteiger partial charge in [-0.2, -0.15) is 0 Å². The van der Waals surface area contributed by atoms with Crippen molar-refractivity contribution in [3.63, 3.8) is 0 Å². The van der Waals surface area contributed by atoms with Gasteiger partial charge in [0.2, 0.25) is 5.91 Å². The highest BCUT2D eigenvalue weighted by molar-refractivity contribution is 7.18. The van der Waals surface area contributed by atoms with E-state index in [1.807, 2.05) is 0 Å². The highest BCUT2D eigenvalue weighted by atomic mass is 35.5. The molecule has 1 saturated heterocycles. The van der Waals surface area contributed by atoms with E-state index < -0.39 is 0 Å². The molecule has 1 aromatic rings. The van der Waals surface area contributed by atoms with Crippen molar-refractivity contribution in [2.75, 3.05) is 20.1 Å². The highest BCUT2D eigenvalue weighted by Gasteiger charge is 2.19. The third-order valence-electron chi connectivity index (χ3n) is 3.51. The summed E-state index contributed by atoms with van der Waals surface area (Å²) in [4.78, 5) is 26.6. The van der Waals surface area contributed by atoms with Gasteiger partial charge in [-0.25, -0.2) is 0 Å². The normalized spacial score (nSPS) is 17.1. The average Bonchev–Trinajstić information content (AvgIpc) is 2.85. The second-order valence-electron chi connectivity index (χ2n) is 5.17. The lowest BCUT2D eigenvalue weighted by Crippen LogP contribution is -2.43. The zero-order valence-corrected chi connectivity index (χ0v) is 13.1. The third-order valence-corrected chi connectivity index (χ3v) is 4.78. The topological polar surface area (TPSA) is 49.4 Å². The number of piperidine rings is 1. The van der Waals surface area contributed by atoms with Crippen LogP contribution < -0.4 is 5.32 Å². The van der Waals surface area contributed by atoms with E-state index in [9.17, 15) is 9.59 Å². The maximum atomic E-state index is 11.9. The molecule has 0 bridgehead atoms. The molecule has 1 aliphatic rings. The van der Waals surface area contributed by atoms with Gasteiger partial charge in [0.25, 0.3) is 0 Å². The van der Waals surface area contributed by atoms with Crippen LogP contribution in [0.15, 0.2) is 12.1 Å². The maximum Gasteiger partial charge on any atom is 0.220 e. The Kier molecular flexibility index (Phi) is 5.57. The van der Waals surface area contributed by atoms with Gasteiger partial charge in [0.15, 0.2) is 5.78 Å². The summed E-state index contributed by atoms with van der Waals surface area (Å²) < 4.78 is 0.601. The summed E-state index contributed by atoms with van der Waals surface area (Å²) in [6.45, 7) is 2.02. The Morgan fingerprint density at radius 1 is 1.35 bits per heavy atom. The predicted octanol–water partition coefficient (Wildman–Crippen LogP) is 2.57. The van der Waals surface area contributed by atoms with Crippen LogP contribution in [0.25, 0.3) is 0 Å². The smallest absolute Gasteiger partial charge is 0.220 e. The lowest BCUT2D eigenvalue weighted by molar-refractivity contribution is -0.122. The van der Waals surface area contributed by atoms with Crippen LogP contribution in [0, 0.1) is 0 Å². The van der Waals surface area contributed by atoms with Gasteiger partial charge in [-0.3, -0.25) is 9.59 Å². The molecule has 1 N–H and O–H groups in total. The fourth-order valence-electron chi connectivity index (χ4n) is 2.27. The summed E-state index contributed by atoms with van der Waals surface area (Å²) in [5.41, 5.74) is 0. The van der Waals surface area contributed by atoms with Crippen LogP contribution in [0.3, 0.4) is 0 Å². The van der Waals surface area contributed by atoms with Crippen LogP contribution in [-0.2, 0) is 4.79 Å². The third kappa shape index (κ3) is 4.58. The number of thiophene rings is 1. The predicted molar refractivity (Wildman–Crippen MR) is 81.6 cm³/mol. The second-order valence-corrected chi connectivity index (χ2v) is 6.89. The Morgan fingerprint density at radius 2 is 2.05 bits per heavy atom. The number of rotatable bonds is 5. The van der Waals surface area contributed by atoms with Gasteiger partial charge >= 0.3 is 0 Å². The summed E-state index contributed by atoms with van der Waals surface area (Å²) in [6.07, 6.45) is 2.46. The summed E-state index contributed by atoms with van der Waals surface area (Å²) >= 11 is 7.05. The van der Waals surface area contributed by atoms with E-state index in [1.54, 1.807) is 12.1 Å². The lowest BCUT2D eigenvalue weighted by Gasteiger charge is -2.29. The molecule has 0 aliphatic carbocycles. The van der Waals surface area contributed by atoms with E-state index >= 15 is 0 Å². The Hall–Kier alpha value is -0.910. The number of amides is 1. The van der Waals surface area contributed by atoms with Crippen molar-refractivity contribution in [1.29, 1.82) is 0 Å². The van der Waals surface area contributed by atoms with Crippen LogP contribution in [0.2, 0.25) is 4.34 Å². The molecule has 0 spiro atoms. The van der Waals surface area contributed by atoms with E-state index in [2.05, 4.69) is 17.3 Å². The van der Waals surface area contributed by atoms with Gasteiger partial charge in [-0.1, -0.05) is 11.6 Å². The fraction of sp³-hybridized carbons (Fsp3) is 0.571. The first-order valence-corrected chi connectivity index (χ1v) is 8.00. The van der Waals surface area contributed by atoms with E-state index in [4.69, 9.17) is 11.6 Å². The highest BCUT2D eigenvalue weighted by Crippen LogP contribution is 2.22. The summed E-state index contributed by atoms with van der Waals surface area (Å²) in [5, 5.41) is 3.01. The molecule has 1 aliphatic heterocycles. The quantitative estimate of drug-likeness (QED) is 0.850. The number of halogens is 1. The summed E-state index contributed by atoms with van der Waals surface area (Å²) in [5.74, 6) is -0.0454. The second kappa shape index (κ2) is 7.20. The molecule has 20 heavy (non-hydrogen) atoms. The Balaban J connectivity index is 1.71. The molecular weight excluding hydrogens is 296 g/mol.